The second-order valence-electron chi connectivity index (χ2n) is 3.44. The molecule has 1 aromatic rings. The Balaban J connectivity index is 2.98. The summed E-state index contributed by atoms with van der Waals surface area (Å²) in [6.45, 7) is 0.0440. The molecule has 1 heterocycles. The standard InChI is InChI=1S/C7H12N2O7P2/c10-7(17(11,12)13,18(14,15)16)2-1-4-9-5-3-8-6-9/h1-3,5-6,10H,4H2,(H2,11,12,13)(H2,14,15,16). The molecule has 0 unspecified atom stereocenters. The van der Waals surface area contributed by atoms with E-state index in [4.69, 9.17) is 19.6 Å². The molecule has 0 aliphatic heterocycles. The van der Waals surface area contributed by atoms with Crippen LogP contribution in [0.25, 0.3) is 0 Å². The first kappa shape index (κ1) is 15.3. The zero-order chi connectivity index (χ0) is 14.0. The van der Waals surface area contributed by atoms with E-state index in [1.165, 1.54) is 23.3 Å². The van der Waals surface area contributed by atoms with Crippen LogP contribution in [0, 0.1) is 0 Å². The fraction of sp³-hybridized carbons (Fsp3) is 0.286. The lowest BCUT2D eigenvalue weighted by molar-refractivity contribution is 0.167. The topological polar surface area (TPSA) is 153 Å². The molecule has 0 bridgehead atoms. The van der Waals surface area contributed by atoms with Crippen molar-refractivity contribution in [1.29, 1.82) is 0 Å². The van der Waals surface area contributed by atoms with Gasteiger partial charge in [-0.25, -0.2) is 4.98 Å². The van der Waals surface area contributed by atoms with Gasteiger partial charge in [0, 0.05) is 18.9 Å². The smallest absolute Gasteiger partial charge is 0.364 e. The average molecular weight is 298 g/mol. The van der Waals surface area contributed by atoms with Crippen molar-refractivity contribution in [2.45, 2.75) is 11.6 Å². The Morgan fingerprint density at radius 2 is 1.78 bits per heavy atom. The van der Waals surface area contributed by atoms with E-state index in [1.807, 2.05) is 0 Å². The Bertz CT molecular complexity index is 492. The summed E-state index contributed by atoms with van der Waals surface area (Å²) in [5.74, 6) is 0. The lowest BCUT2D eigenvalue weighted by Gasteiger charge is -2.25. The van der Waals surface area contributed by atoms with Crippen LogP contribution in [-0.4, -0.2) is 39.3 Å². The number of hydrogen-bond acceptors (Lipinski definition) is 4. The quantitative estimate of drug-likeness (QED) is 0.358. The van der Waals surface area contributed by atoms with Crippen molar-refractivity contribution < 1.29 is 33.8 Å². The second kappa shape index (κ2) is 5.07. The Morgan fingerprint density at radius 3 is 2.17 bits per heavy atom. The molecule has 0 aliphatic carbocycles. The molecule has 0 saturated heterocycles. The number of imidazole rings is 1. The summed E-state index contributed by atoms with van der Waals surface area (Å²) >= 11 is 0. The minimum absolute atomic E-state index is 0.0440. The zero-order valence-corrected chi connectivity index (χ0v) is 10.7. The van der Waals surface area contributed by atoms with Crippen LogP contribution in [0.3, 0.4) is 0 Å². The van der Waals surface area contributed by atoms with Crippen LogP contribution >= 0.6 is 15.2 Å². The molecule has 0 amide bonds. The molecular weight excluding hydrogens is 286 g/mol. The van der Waals surface area contributed by atoms with E-state index in [2.05, 4.69) is 4.98 Å². The lowest BCUT2D eigenvalue weighted by atomic mass is 10.5. The van der Waals surface area contributed by atoms with E-state index in [0.29, 0.717) is 6.08 Å². The fourth-order valence-electron chi connectivity index (χ4n) is 1.09. The summed E-state index contributed by atoms with van der Waals surface area (Å²) < 4.78 is 23.4. The molecular formula is C7H12N2O7P2. The SMILES string of the molecule is O=P(O)(O)C(O)(C=CCn1ccnc1)P(=O)(O)O. The first-order valence-corrected chi connectivity index (χ1v) is 7.77. The Labute approximate surface area is 102 Å². The van der Waals surface area contributed by atoms with Gasteiger partial charge in [0.25, 0.3) is 5.08 Å². The van der Waals surface area contributed by atoms with E-state index in [9.17, 15) is 14.2 Å². The van der Waals surface area contributed by atoms with Crippen molar-refractivity contribution in [3.63, 3.8) is 0 Å². The van der Waals surface area contributed by atoms with Crippen molar-refractivity contribution in [2.24, 2.45) is 0 Å². The van der Waals surface area contributed by atoms with Gasteiger partial charge >= 0.3 is 15.2 Å². The van der Waals surface area contributed by atoms with Crippen molar-refractivity contribution in [2.75, 3.05) is 0 Å². The van der Waals surface area contributed by atoms with Crippen molar-refractivity contribution in [1.82, 2.24) is 9.55 Å². The van der Waals surface area contributed by atoms with Gasteiger partial charge in [-0.05, 0) is 6.08 Å². The molecule has 9 nitrogen and oxygen atoms in total. The number of aromatic nitrogens is 2. The molecule has 11 heteroatoms. The predicted molar refractivity (Wildman–Crippen MR) is 60.4 cm³/mol. The van der Waals surface area contributed by atoms with Crippen LogP contribution < -0.4 is 0 Å². The Hall–Kier alpha value is -0.790. The number of nitrogens with zero attached hydrogens (tertiary/aromatic N) is 2. The van der Waals surface area contributed by atoms with Gasteiger partial charge in [0.1, 0.15) is 0 Å². The van der Waals surface area contributed by atoms with Crippen LogP contribution in [0.1, 0.15) is 0 Å². The molecule has 0 aromatic carbocycles. The molecule has 1 aromatic heterocycles. The molecule has 0 aliphatic rings. The lowest BCUT2D eigenvalue weighted by Crippen LogP contribution is -2.25. The summed E-state index contributed by atoms with van der Waals surface area (Å²) in [5, 5.41) is 5.96. The molecule has 1 rings (SSSR count). The number of hydrogen-bond donors (Lipinski definition) is 5. The predicted octanol–water partition coefficient (Wildman–Crippen LogP) is -0.559. The molecule has 0 saturated carbocycles. The Morgan fingerprint density at radius 1 is 1.22 bits per heavy atom. The van der Waals surface area contributed by atoms with E-state index < -0.39 is 20.3 Å². The Kier molecular flexibility index (Phi) is 4.30. The van der Waals surface area contributed by atoms with E-state index in [0.717, 1.165) is 6.08 Å². The average Bonchev–Trinajstić information content (AvgIpc) is 2.66. The van der Waals surface area contributed by atoms with Gasteiger partial charge in [0.05, 0.1) is 6.33 Å². The van der Waals surface area contributed by atoms with Gasteiger partial charge in [-0.2, -0.15) is 0 Å². The third-order valence-electron chi connectivity index (χ3n) is 2.07. The van der Waals surface area contributed by atoms with Crippen molar-refractivity contribution in [3.8, 4) is 0 Å². The highest BCUT2D eigenvalue weighted by Crippen LogP contribution is 2.68. The van der Waals surface area contributed by atoms with Gasteiger partial charge in [-0.15, -0.1) is 0 Å². The number of allylic oxidation sites excluding steroid dienone is 1. The van der Waals surface area contributed by atoms with Gasteiger partial charge in [0.15, 0.2) is 0 Å². The third kappa shape index (κ3) is 3.15. The number of rotatable bonds is 5. The highest BCUT2D eigenvalue weighted by molar-refractivity contribution is 7.72. The van der Waals surface area contributed by atoms with Crippen LogP contribution in [-0.2, 0) is 15.7 Å². The van der Waals surface area contributed by atoms with E-state index in [-0.39, 0.29) is 6.54 Å². The molecule has 0 atom stereocenters. The second-order valence-corrected chi connectivity index (χ2v) is 7.33. The van der Waals surface area contributed by atoms with Gasteiger partial charge < -0.3 is 29.2 Å². The first-order chi connectivity index (χ1) is 8.08. The maximum atomic E-state index is 11.0. The fourth-order valence-corrected chi connectivity index (χ4v) is 3.05. The van der Waals surface area contributed by atoms with Gasteiger partial charge in [0.2, 0.25) is 0 Å². The van der Waals surface area contributed by atoms with Gasteiger partial charge in [-0.3, -0.25) is 9.13 Å². The summed E-state index contributed by atoms with van der Waals surface area (Å²) in [7, 11) is -10.9. The minimum Gasteiger partial charge on any atom is -0.364 e. The summed E-state index contributed by atoms with van der Waals surface area (Å²) in [6.07, 6.45) is 5.80. The normalized spacial score (nSPS) is 14.3. The van der Waals surface area contributed by atoms with Crippen LogP contribution in [0.5, 0.6) is 0 Å². The molecule has 5 N–H and O–H groups in total. The largest absolute Gasteiger partial charge is 0.373 e. The van der Waals surface area contributed by atoms with Crippen LogP contribution in [0.2, 0.25) is 0 Å². The molecule has 102 valence electrons. The van der Waals surface area contributed by atoms with E-state index >= 15 is 0 Å². The molecule has 0 spiro atoms. The molecule has 0 fully saturated rings. The van der Waals surface area contributed by atoms with Crippen molar-refractivity contribution in [3.05, 3.63) is 30.9 Å². The summed E-state index contributed by atoms with van der Waals surface area (Å²) in [5.41, 5.74) is 0. The zero-order valence-electron chi connectivity index (χ0n) is 8.94. The maximum Gasteiger partial charge on any atom is 0.373 e. The van der Waals surface area contributed by atoms with Crippen molar-refractivity contribution >= 4 is 15.2 Å². The minimum atomic E-state index is -5.44. The summed E-state index contributed by atoms with van der Waals surface area (Å²) in [6, 6.07) is 0. The monoisotopic (exact) mass is 298 g/mol. The third-order valence-corrected chi connectivity index (χ3v) is 5.65. The van der Waals surface area contributed by atoms with Crippen LogP contribution in [0.15, 0.2) is 30.9 Å². The highest BCUT2D eigenvalue weighted by Gasteiger charge is 2.57. The highest BCUT2D eigenvalue weighted by atomic mass is 31.2. The molecule has 0 radical (unpaired) electrons. The maximum absolute atomic E-state index is 11.0. The number of aliphatic hydroxyl groups is 1. The molecule has 18 heavy (non-hydrogen) atoms. The van der Waals surface area contributed by atoms with E-state index in [1.54, 1.807) is 0 Å². The van der Waals surface area contributed by atoms with Gasteiger partial charge in [-0.1, -0.05) is 6.08 Å². The first-order valence-electron chi connectivity index (χ1n) is 4.55. The summed E-state index contributed by atoms with van der Waals surface area (Å²) in [4.78, 5) is 39.0. The van der Waals surface area contributed by atoms with Crippen LogP contribution in [0.4, 0.5) is 0 Å².